The Kier molecular flexibility index (Phi) is 4.85. The number of hydrogen-bond acceptors (Lipinski definition) is 4. The van der Waals surface area contributed by atoms with Crippen LogP contribution in [0.3, 0.4) is 0 Å². The minimum atomic E-state index is -1.02. The summed E-state index contributed by atoms with van der Waals surface area (Å²) in [5.74, 6) is -1.84. The number of aromatic amines is 1. The molecule has 0 aliphatic carbocycles. The Bertz CT molecular complexity index is 1170. The fourth-order valence-corrected chi connectivity index (χ4v) is 2.77. The molecule has 1 aromatic carbocycles. The number of H-pyrrole nitrogens is 1. The number of aryl methyl sites for hydroxylation is 2. The van der Waals surface area contributed by atoms with Crippen molar-refractivity contribution in [1.82, 2.24) is 19.1 Å². The first-order valence-corrected chi connectivity index (χ1v) is 8.07. The van der Waals surface area contributed by atoms with Crippen molar-refractivity contribution in [2.75, 3.05) is 0 Å². The van der Waals surface area contributed by atoms with Crippen LogP contribution in [0.1, 0.15) is 22.5 Å². The lowest BCUT2D eigenvalue weighted by molar-refractivity contribution is 0.499. The highest BCUT2D eigenvalue weighted by Gasteiger charge is 2.14. The van der Waals surface area contributed by atoms with Crippen LogP contribution in [-0.4, -0.2) is 19.1 Å². The minimum absolute atomic E-state index is 0.0961. The molecule has 1 N–H and O–H groups in total. The van der Waals surface area contributed by atoms with Gasteiger partial charge in [-0.15, -0.1) is 0 Å². The van der Waals surface area contributed by atoms with E-state index in [1.54, 1.807) is 6.07 Å². The number of rotatable bonds is 4. The minimum Gasteiger partial charge on any atom is -0.329 e. The zero-order valence-electron chi connectivity index (χ0n) is 14.6. The third-order valence-corrected chi connectivity index (χ3v) is 4.18. The highest BCUT2D eigenvalue weighted by atomic mass is 19.2. The summed E-state index contributed by atoms with van der Waals surface area (Å²) in [6.07, 6.45) is 1.44. The van der Waals surface area contributed by atoms with Gasteiger partial charge < -0.3 is 4.98 Å². The molecule has 0 aliphatic rings. The van der Waals surface area contributed by atoms with Crippen LogP contribution in [0.25, 0.3) is 0 Å². The average molecular weight is 374 g/mol. The van der Waals surface area contributed by atoms with Gasteiger partial charge in [-0.2, -0.15) is 4.98 Å². The molecule has 0 atom stereocenters. The summed E-state index contributed by atoms with van der Waals surface area (Å²) in [7, 11) is 0. The third kappa shape index (κ3) is 3.62. The van der Waals surface area contributed by atoms with Gasteiger partial charge in [0.1, 0.15) is 5.82 Å². The molecule has 0 aliphatic heterocycles. The second-order valence-electron chi connectivity index (χ2n) is 6.13. The van der Waals surface area contributed by atoms with Crippen molar-refractivity contribution in [3.8, 4) is 0 Å². The molecule has 0 radical (unpaired) electrons. The molecule has 27 heavy (non-hydrogen) atoms. The Morgan fingerprint density at radius 3 is 2.48 bits per heavy atom. The lowest BCUT2D eigenvalue weighted by atomic mass is 10.1. The summed E-state index contributed by atoms with van der Waals surface area (Å²) in [6.45, 7) is 2.53. The monoisotopic (exact) mass is 374 g/mol. The van der Waals surface area contributed by atoms with E-state index in [2.05, 4.69) is 9.97 Å². The summed E-state index contributed by atoms with van der Waals surface area (Å²) >= 11 is 0. The topological polar surface area (TPSA) is 89.8 Å². The summed E-state index contributed by atoms with van der Waals surface area (Å²) in [5.41, 5.74) is -1.24. The number of benzene rings is 1. The maximum Gasteiger partial charge on any atom is 0.353 e. The van der Waals surface area contributed by atoms with Gasteiger partial charge >= 0.3 is 11.4 Å². The van der Waals surface area contributed by atoms with E-state index in [0.29, 0.717) is 5.56 Å². The fourth-order valence-electron chi connectivity index (χ4n) is 2.77. The van der Waals surface area contributed by atoms with Crippen molar-refractivity contribution in [1.29, 1.82) is 0 Å². The zero-order chi connectivity index (χ0) is 19.7. The van der Waals surface area contributed by atoms with Crippen LogP contribution in [-0.2, 0) is 13.1 Å². The fraction of sp³-hybridized carbons (Fsp3) is 0.222. The van der Waals surface area contributed by atoms with Crippen LogP contribution in [0, 0.1) is 25.5 Å². The first-order valence-electron chi connectivity index (χ1n) is 8.07. The van der Waals surface area contributed by atoms with Gasteiger partial charge in [0.05, 0.1) is 13.1 Å². The van der Waals surface area contributed by atoms with Gasteiger partial charge in [-0.1, -0.05) is 12.1 Å². The Labute approximate surface area is 151 Å². The number of nitrogens with zero attached hydrogens (tertiary/aromatic N) is 3. The highest BCUT2D eigenvalue weighted by Crippen LogP contribution is 2.14. The highest BCUT2D eigenvalue weighted by molar-refractivity contribution is 5.25. The second-order valence-corrected chi connectivity index (χ2v) is 6.13. The van der Waals surface area contributed by atoms with Crippen LogP contribution >= 0.6 is 0 Å². The smallest absolute Gasteiger partial charge is 0.329 e. The average Bonchev–Trinajstić information content (AvgIpc) is 2.61. The Morgan fingerprint density at radius 1 is 1.07 bits per heavy atom. The van der Waals surface area contributed by atoms with E-state index in [9.17, 15) is 23.2 Å². The van der Waals surface area contributed by atoms with Gasteiger partial charge in [0.15, 0.2) is 11.6 Å². The van der Waals surface area contributed by atoms with Crippen LogP contribution in [0.2, 0.25) is 0 Å². The number of hydrogen-bond donors (Lipinski definition) is 1. The first-order chi connectivity index (χ1) is 12.8. The lowest BCUT2D eigenvalue weighted by Crippen LogP contribution is -2.43. The molecular formula is C18H16F2N4O3. The molecular weight excluding hydrogens is 358 g/mol. The van der Waals surface area contributed by atoms with Crippen molar-refractivity contribution < 1.29 is 8.78 Å². The summed E-state index contributed by atoms with van der Waals surface area (Å²) in [6, 6.07) is 5.48. The molecule has 0 amide bonds. The van der Waals surface area contributed by atoms with Crippen LogP contribution in [0.4, 0.5) is 8.78 Å². The molecule has 7 nitrogen and oxygen atoms in total. The van der Waals surface area contributed by atoms with E-state index in [4.69, 9.17) is 0 Å². The quantitative estimate of drug-likeness (QED) is 0.740. The van der Waals surface area contributed by atoms with Crippen LogP contribution < -0.4 is 16.9 Å². The van der Waals surface area contributed by atoms with E-state index in [0.717, 1.165) is 10.6 Å². The van der Waals surface area contributed by atoms with E-state index >= 15 is 0 Å². The normalized spacial score (nSPS) is 11.0. The maximum atomic E-state index is 13.6. The summed E-state index contributed by atoms with van der Waals surface area (Å²) in [4.78, 5) is 43.0. The van der Waals surface area contributed by atoms with E-state index < -0.39 is 28.6 Å². The molecule has 0 spiro atoms. The molecule has 0 saturated heterocycles. The maximum absolute atomic E-state index is 13.6. The van der Waals surface area contributed by atoms with Gasteiger partial charge in [-0.25, -0.2) is 22.9 Å². The van der Waals surface area contributed by atoms with Gasteiger partial charge in [-0.3, -0.25) is 9.36 Å². The largest absolute Gasteiger partial charge is 0.353 e. The number of aromatic nitrogens is 4. The lowest BCUT2D eigenvalue weighted by Gasteiger charge is -2.13. The van der Waals surface area contributed by atoms with Crippen molar-refractivity contribution in [3.05, 3.63) is 95.9 Å². The molecule has 9 heteroatoms. The molecule has 2 heterocycles. The van der Waals surface area contributed by atoms with Gasteiger partial charge in [0.2, 0.25) is 0 Å². The first kappa shape index (κ1) is 18.4. The summed E-state index contributed by atoms with van der Waals surface area (Å²) in [5, 5.41) is 0. The molecule has 3 aromatic rings. The number of pyridine rings is 1. The van der Waals surface area contributed by atoms with Crippen LogP contribution in [0.15, 0.2) is 44.8 Å². The second kappa shape index (κ2) is 7.10. The van der Waals surface area contributed by atoms with Gasteiger partial charge in [0, 0.05) is 11.8 Å². The predicted octanol–water partition coefficient (Wildman–Crippen LogP) is 1.08. The summed E-state index contributed by atoms with van der Waals surface area (Å²) < 4.78 is 29.1. The molecule has 3 rings (SSSR count). The number of nitrogens with one attached hydrogen (secondary N) is 1. The van der Waals surface area contributed by atoms with Gasteiger partial charge in [-0.05, 0) is 37.1 Å². The van der Waals surface area contributed by atoms with Crippen molar-refractivity contribution in [3.63, 3.8) is 0 Å². The van der Waals surface area contributed by atoms with Crippen molar-refractivity contribution >= 4 is 0 Å². The molecule has 2 aromatic heterocycles. The Hall–Kier alpha value is -3.36. The molecule has 0 bridgehead atoms. The van der Waals surface area contributed by atoms with Crippen molar-refractivity contribution in [2.24, 2.45) is 0 Å². The van der Waals surface area contributed by atoms with E-state index in [1.165, 1.54) is 36.7 Å². The molecule has 0 unspecified atom stereocenters. The molecule has 0 fully saturated rings. The standard InChI is InChI=1S/C18H16F2N4O3/c1-10-6-12(7-14(19)15(10)20)8-23-11(2)22-17(26)24(18(23)27)9-13-4-3-5-21-16(13)25/h3-7H,8-9H2,1-2H3,(H,21,25). The molecule has 0 saturated carbocycles. The Morgan fingerprint density at radius 2 is 1.81 bits per heavy atom. The van der Waals surface area contributed by atoms with Gasteiger partial charge in [0.25, 0.3) is 5.56 Å². The van der Waals surface area contributed by atoms with E-state index in [1.807, 2.05) is 0 Å². The van der Waals surface area contributed by atoms with E-state index in [-0.39, 0.29) is 30.0 Å². The number of halogens is 2. The van der Waals surface area contributed by atoms with Crippen LogP contribution in [0.5, 0.6) is 0 Å². The SMILES string of the molecule is Cc1cc(Cn2c(C)nc(=O)n(Cc3ccc[nH]c3=O)c2=O)cc(F)c1F. The Balaban J connectivity index is 2.07. The zero-order valence-corrected chi connectivity index (χ0v) is 14.6. The molecule has 140 valence electrons. The third-order valence-electron chi connectivity index (χ3n) is 4.18. The predicted molar refractivity (Wildman–Crippen MR) is 93.9 cm³/mol. The van der Waals surface area contributed by atoms with Crippen molar-refractivity contribution in [2.45, 2.75) is 26.9 Å².